The maximum absolute atomic E-state index is 14.9. The van der Waals surface area contributed by atoms with E-state index >= 15 is 0 Å². The maximum atomic E-state index is 14.9. The van der Waals surface area contributed by atoms with Crippen molar-refractivity contribution in [2.24, 2.45) is 5.92 Å². The quantitative estimate of drug-likeness (QED) is 0.816. The van der Waals surface area contributed by atoms with Gasteiger partial charge in [0.1, 0.15) is 12.0 Å². The molecule has 0 spiro atoms. The Labute approximate surface area is 101 Å². The van der Waals surface area contributed by atoms with Crippen LogP contribution in [0.1, 0.15) is 35.7 Å². The van der Waals surface area contributed by atoms with Crippen LogP contribution < -0.4 is 5.32 Å². The summed E-state index contributed by atoms with van der Waals surface area (Å²) < 4.78 is 14.9. The molecule has 1 heterocycles. The molecule has 0 aromatic heterocycles. The lowest BCUT2D eigenvalue weighted by Crippen LogP contribution is -2.37. The van der Waals surface area contributed by atoms with Crippen LogP contribution in [0.25, 0.3) is 0 Å². The SMILES string of the molecule is CC(F)(c1cccc(C=O)c1)C1CCNCC1. The average Bonchev–Trinajstić information content (AvgIpc) is 2.40. The molecule has 0 aliphatic carbocycles. The van der Waals surface area contributed by atoms with Gasteiger partial charge < -0.3 is 5.32 Å². The summed E-state index contributed by atoms with van der Waals surface area (Å²) >= 11 is 0. The molecule has 1 N–H and O–H groups in total. The third kappa shape index (κ3) is 2.55. The van der Waals surface area contributed by atoms with E-state index in [1.807, 2.05) is 0 Å². The van der Waals surface area contributed by atoms with E-state index in [0.717, 1.165) is 32.2 Å². The lowest BCUT2D eigenvalue weighted by Gasteiger charge is -2.34. The number of piperidine rings is 1. The van der Waals surface area contributed by atoms with E-state index in [9.17, 15) is 9.18 Å². The van der Waals surface area contributed by atoms with Crippen molar-refractivity contribution in [3.8, 4) is 0 Å². The topological polar surface area (TPSA) is 29.1 Å². The predicted molar refractivity (Wildman–Crippen MR) is 65.9 cm³/mol. The summed E-state index contributed by atoms with van der Waals surface area (Å²) in [5.74, 6) is 0.0330. The molecule has 2 rings (SSSR count). The molecular formula is C14H18FNO. The molecule has 1 fully saturated rings. The third-order valence-electron chi connectivity index (χ3n) is 3.69. The molecule has 2 nitrogen and oxygen atoms in total. The zero-order valence-corrected chi connectivity index (χ0v) is 10.1. The number of carbonyl (C=O) groups excluding carboxylic acids is 1. The Morgan fingerprint density at radius 1 is 1.41 bits per heavy atom. The molecule has 17 heavy (non-hydrogen) atoms. The number of alkyl halides is 1. The average molecular weight is 235 g/mol. The van der Waals surface area contributed by atoms with Gasteiger partial charge in [0.25, 0.3) is 0 Å². The van der Waals surface area contributed by atoms with E-state index in [1.165, 1.54) is 0 Å². The van der Waals surface area contributed by atoms with Gasteiger partial charge in [0.05, 0.1) is 0 Å². The Kier molecular flexibility index (Phi) is 3.57. The number of aldehydes is 1. The number of halogens is 1. The first-order valence-corrected chi connectivity index (χ1v) is 6.10. The summed E-state index contributed by atoms with van der Waals surface area (Å²) in [6.45, 7) is 3.38. The van der Waals surface area contributed by atoms with Crippen molar-refractivity contribution in [2.75, 3.05) is 13.1 Å². The van der Waals surface area contributed by atoms with Gasteiger partial charge in [-0.15, -0.1) is 0 Å². The van der Waals surface area contributed by atoms with Crippen LogP contribution in [0.5, 0.6) is 0 Å². The number of hydrogen-bond donors (Lipinski definition) is 1. The van der Waals surface area contributed by atoms with Crippen LogP contribution >= 0.6 is 0 Å². The van der Waals surface area contributed by atoms with Gasteiger partial charge in [-0.2, -0.15) is 0 Å². The fraction of sp³-hybridized carbons (Fsp3) is 0.500. The van der Waals surface area contributed by atoms with Crippen molar-refractivity contribution in [1.82, 2.24) is 5.32 Å². The predicted octanol–water partition coefficient (Wildman–Crippen LogP) is 2.68. The number of rotatable bonds is 3. The first-order chi connectivity index (χ1) is 8.14. The van der Waals surface area contributed by atoms with Gasteiger partial charge >= 0.3 is 0 Å². The van der Waals surface area contributed by atoms with Gasteiger partial charge in [0, 0.05) is 5.56 Å². The van der Waals surface area contributed by atoms with Gasteiger partial charge in [-0.05, 0) is 50.4 Å². The highest BCUT2D eigenvalue weighted by Crippen LogP contribution is 2.38. The standard InChI is InChI=1S/C14H18FNO/c1-14(15,12-5-7-16-8-6-12)13-4-2-3-11(9-13)10-17/h2-4,9-10,12,16H,5-8H2,1H3. The molecule has 92 valence electrons. The zero-order valence-electron chi connectivity index (χ0n) is 10.1. The second-order valence-corrected chi connectivity index (χ2v) is 4.84. The van der Waals surface area contributed by atoms with E-state index in [-0.39, 0.29) is 5.92 Å². The highest BCUT2D eigenvalue weighted by molar-refractivity contribution is 5.75. The van der Waals surface area contributed by atoms with Crippen LogP contribution in [0, 0.1) is 5.92 Å². The first kappa shape index (κ1) is 12.2. The molecule has 1 aromatic carbocycles. The Balaban J connectivity index is 2.25. The normalized spacial score (nSPS) is 20.8. The second kappa shape index (κ2) is 4.96. The molecule has 0 amide bonds. The molecule has 0 bridgehead atoms. The molecule has 1 atom stereocenters. The second-order valence-electron chi connectivity index (χ2n) is 4.84. The number of hydrogen-bond acceptors (Lipinski definition) is 2. The van der Waals surface area contributed by atoms with Crippen LogP contribution in [-0.2, 0) is 5.67 Å². The van der Waals surface area contributed by atoms with E-state index in [0.29, 0.717) is 11.1 Å². The molecule has 1 saturated heterocycles. The summed E-state index contributed by atoms with van der Waals surface area (Å²) in [5.41, 5.74) is -0.185. The highest BCUT2D eigenvalue weighted by Gasteiger charge is 2.36. The lowest BCUT2D eigenvalue weighted by molar-refractivity contribution is 0.0772. The molecule has 1 aliphatic heterocycles. The zero-order chi connectivity index (χ0) is 12.3. The highest BCUT2D eigenvalue weighted by atomic mass is 19.1. The Morgan fingerprint density at radius 3 is 2.76 bits per heavy atom. The van der Waals surface area contributed by atoms with Crippen molar-refractivity contribution < 1.29 is 9.18 Å². The van der Waals surface area contributed by atoms with E-state index < -0.39 is 5.67 Å². The molecule has 0 saturated carbocycles. The minimum atomic E-state index is -1.35. The van der Waals surface area contributed by atoms with Crippen molar-refractivity contribution in [3.63, 3.8) is 0 Å². The van der Waals surface area contributed by atoms with Gasteiger partial charge in [-0.3, -0.25) is 4.79 Å². The Bertz CT molecular complexity index is 397. The lowest BCUT2D eigenvalue weighted by atomic mass is 9.79. The van der Waals surface area contributed by atoms with Gasteiger partial charge in [-0.1, -0.05) is 18.2 Å². The fourth-order valence-electron chi connectivity index (χ4n) is 2.52. The van der Waals surface area contributed by atoms with Gasteiger partial charge in [-0.25, -0.2) is 4.39 Å². The van der Waals surface area contributed by atoms with Gasteiger partial charge in [0.2, 0.25) is 0 Å². The molecule has 1 aliphatic rings. The molecule has 1 aromatic rings. The van der Waals surface area contributed by atoms with E-state index in [1.54, 1.807) is 31.2 Å². The largest absolute Gasteiger partial charge is 0.317 e. The molecular weight excluding hydrogens is 217 g/mol. The summed E-state index contributed by atoms with van der Waals surface area (Å²) in [6.07, 6.45) is 2.46. The molecule has 3 heteroatoms. The third-order valence-corrected chi connectivity index (χ3v) is 3.69. The minimum Gasteiger partial charge on any atom is -0.317 e. The Hall–Kier alpha value is -1.22. The maximum Gasteiger partial charge on any atom is 0.150 e. The molecule has 0 radical (unpaired) electrons. The van der Waals surface area contributed by atoms with Crippen LogP contribution in [-0.4, -0.2) is 19.4 Å². The fourth-order valence-corrected chi connectivity index (χ4v) is 2.52. The summed E-state index contributed by atoms with van der Waals surface area (Å²) in [5, 5.41) is 3.24. The van der Waals surface area contributed by atoms with Gasteiger partial charge in [0.15, 0.2) is 0 Å². The van der Waals surface area contributed by atoms with E-state index in [4.69, 9.17) is 0 Å². The van der Waals surface area contributed by atoms with Crippen molar-refractivity contribution in [2.45, 2.75) is 25.4 Å². The van der Waals surface area contributed by atoms with Crippen LogP contribution in [0.3, 0.4) is 0 Å². The first-order valence-electron chi connectivity index (χ1n) is 6.10. The van der Waals surface area contributed by atoms with Crippen molar-refractivity contribution in [3.05, 3.63) is 35.4 Å². The van der Waals surface area contributed by atoms with Crippen LogP contribution in [0.2, 0.25) is 0 Å². The van der Waals surface area contributed by atoms with Crippen molar-refractivity contribution >= 4 is 6.29 Å². The number of benzene rings is 1. The van der Waals surface area contributed by atoms with Crippen LogP contribution in [0.4, 0.5) is 4.39 Å². The summed E-state index contributed by atoms with van der Waals surface area (Å²) in [6, 6.07) is 6.89. The minimum absolute atomic E-state index is 0.0330. The van der Waals surface area contributed by atoms with Crippen molar-refractivity contribution in [1.29, 1.82) is 0 Å². The number of carbonyl (C=O) groups is 1. The summed E-state index contributed by atoms with van der Waals surface area (Å²) in [7, 11) is 0. The monoisotopic (exact) mass is 235 g/mol. The number of nitrogens with one attached hydrogen (secondary N) is 1. The van der Waals surface area contributed by atoms with E-state index in [2.05, 4.69) is 5.32 Å². The molecule has 1 unspecified atom stereocenters. The van der Waals surface area contributed by atoms with Crippen LogP contribution in [0.15, 0.2) is 24.3 Å². The smallest absolute Gasteiger partial charge is 0.150 e. The Morgan fingerprint density at radius 2 is 2.12 bits per heavy atom. The summed E-state index contributed by atoms with van der Waals surface area (Å²) in [4.78, 5) is 10.7.